The van der Waals surface area contributed by atoms with Crippen LogP contribution < -0.4 is 9.97 Å². The molecule has 1 aromatic heterocycles. The fourth-order valence-corrected chi connectivity index (χ4v) is 4.13. The largest absolute Gasteiger partial charge is 0.367 e. The van der Waals surface area contributed by atoms with Crippen LogP contribution in [0.3, 0.4) is 0 Å². The lowest BCUT2D eigenvalue weighted by Gasteiger charge is -2.25. The molecule has 0 spiro atoms. The molecule has 2 heterocycles. The van der Waals surface area contributed by atoms with E-state index in [1.165, 1.54) is 20.8 Å². The number of aliphatic hydroxyl groups excluding tert-OH is 1. The number of aryl methyl sites for hydroxylation is 1. The summed E-state index contributed by atoms with van der Waals surface area (Å²) in [5.41, 5.74) is 0.237. The van der Waals surface area contributed by atoms with Crippen LogP contribution in [0.4, 0.5) is 0 Å². The third kappa shape index (κ3) is 1.80. The van der Waals surface area contributed by atoms with Crippen molar-refractivity contribution in [3.8, 4) is 0 Å². The first-order chi connectivity index (χ1) is 10.3. The van der Waals surface area contributed by atoms with Crippen molar-refractivity contribution in [2.75, 3.05) is 4.41 Å². The lowest BCUT2D eigenvalue weighted by atomic mass is 10.2. The Labute approximate surface area is 127 Å². The van der Waals surface area contributed by atoms with Crippen molar-refractivity contribution in [1.29, 1.82) is 0 Å². The van der Waals surface area contributed by atoms with Crippen LogP contribution in [0, 0.1) is 6.92 Å². The normalized spacial score (nSPS) is 20.9. The Kier molecular flexibility index (Phi) is 3.12. The number of nitrogens with zero attached hydrogens (tertiary/aromatic N) is 3. The summed E-state index contributed by atoms with van der Waals surface area (Å²) in [6.45, 7) is 4.45. The number of benzene rings is 1. The van der Waals surface area contributed by atoms with Gasteiger partial charge in [-0.3, -0.25) is 4.79 Å². The molecule has 7 nitrogen and oxygen atoms in total. The summed E-state index contributed by atoms with van der Waals surface area (Å²) in [6, 6.07) is 6.67. The number of sulfonamides is 1. The second-order valence-electron chi connectivity index (χ2n) is 5.18. The summed E-state index contributed by atoms with van der Waals surface area (Å²) < 4.78 is 26.6. The summed E-state index contributed by atoms with van der Waals surface area (Å²) in [4.78, 5) is 17.0. The van der Waals surface area contributed by atoms with E-state index in [1.807, 2.05) is 0 Å². The summed E-state index contributed by atoms with van der Waals surface area (Å²) >= 11 is 0. The Hall–Kier alpha value is -2.19. The maximum Gasteiger partial charge on any atom is 0.281 e. The number of para-hydroxylation sites is 1. The first kappa shape index (κ1) is 14.7. The van der Waals surface area contributed by atoms with Crippen LogP contribution in [-0.2, 0) is 10.0 Å². The highest BCUT2D eigenvalue weighted by molar-refractivity contribution is 7.96. The molecular weight excluding hydrogens is 306 g/mol. The van der Waals surface area contributed by atoms with Gasteiger partial charge in [0.15, 0.2) is 6.23 Å². The molecule has 3 rings (SSSR count). The van der Waals surface area contributed by atoms with Crippen LogP contribution in [-0.4, -0.2) is 29.4 Å². The fourth-order valence-electron chi connectivity index (χ4n) is 2.51. The molecule has 1 aliphatic rings. The van der Waals surface area contributed by atoms with E-state index in [0.29, 0.717) is 15.5 Å². The van der Waals surface area contributed by atoms with Crippen molar-refractivity contribution in [2.24, 2.45) is 0 Å². The molecule has 2 aromatic rings. The number of allylic oxidation sites excluding steroid dienone is 1. The summed E-state index contributed by atoms with van der Waals surface area (Å²) in [7, 11) is -3.94. The van der Waals surface area contributed by atoms with E-state index in [1.54, 1.807) is 24.3 Å². The Bertz CT molecular complexity index is 975. The zero-order chi connectivity index (χ0) is 16.2. The molecule has 0 bridgehead atoms. The fraction of sp³-hybridized carbons (Fsp3) is 0.286. The van der Waals surface area contributed by atoms with Crippen LogP contribution in [0.1, 0.15) is 19.7 Å². The quantitative estimate of drug-likeness (QED) is 0.830. The van der Waals surface area contributed by atoms with Gasteiger partial charge in [-0.2, -0.15) is 17.5 Å². The van der Waals surface area contributed by atoms with Crippen LogP contribution in [0.15, 0.2) is 39.5 Å². The first-order valence-corrected chi connectivity index (χ1v) is 8.09. The average Bonchev–Trinajstić information content (AvgIpc) is 2.62. The molecule has 1 aromatic carbocycles. The van der Waals surface area contributed by atoms with Gasteiger partial charge in [-0.1, -0.05) is 12.1 Å². The van der Waals surface area contributed by atoms with E-state index in [9.17, 15) is 18.3 Å². The number of hydrogen-bond donors (Lipinski definition) is 1. The van der Waals surface area contributed by atoms with Crippen molar-refractivity contribution in [1.82, 2.24) is 9.66 Å². The minimum Gasteiger partial charge on any atom is -0.367 e. The van der Waals surface area contributed by atoms with Gasteiger partial charge < -0.3 is 5.11 Å². The van der Waals surface area contributed by atoms with Crippen molar-refractivity contribution in [3.63, 3.8) is 0 Å². The molecule has 8 heteroatoms. The molecule has 1 unspecified atom stereocenters. The van der Waals surface area contributed by atoms with Crippen molar-refractivity contribution >= 4 is 20.9 Å². The van der Waals surface area contributed by atoms with Gasteiger partial charge in [-0.25, -0.2) is 4.98 Å². The van der Waals surface area contributed by atoms with Gasteiger partial charge in [-0.15, -0.1) is 0 Å². The summed E-state index contributed by atoms with van der Waals surface area (Å²) in [5, 5.41) is 10.5. The average molecular weight is 321 g/mol. The lowest BCUT2D eigenvalue weighted by molar-refractivity contribution is 0.202. The predicted molar refractivity (Wildman–Crippen MR) is 82.3 cm³/mol. The summed E-state index contributed by atoms with van der Waals surface area (Å²) in [5.74, 6) is 0.189. The Balaban J connectivity index is 2.35. The zero-order valence-electron chi connectivity index (χ0n) is 12.3. The molecule has 0 aliphatic carbocycles. The zero-order valence-corrected chi connectivity index (χ0v) is 13.1. The second-order valence-corrected chi connectivity index (χ2v) is 7.12. The first-order valence-electron chi connectivity index (χ1n) is 6.65. The van der Waals surface area contributed by atoms with E-state index < -0.39 is 21.8 Å². The molecule has 0 fully saturated rings. The van der Waals surface area contributed by atoms with E-state index >= 15 is 0 Å². The molecule has 1 atom stereocenters. The highest BCUT2D eigenvalue weighted by Crippen LogP contribution is 2.29. The van der Waals surface area contributed by atoms with Gasteiger partial charge in [0.25, 0.3) is 15.6 Å². The number of rotatable bonds is 1. The number of aromatic nitrogens is 2. The highest BCUT2D eigenvalue weighted by Gasteiger charge is 2.42. The van der Waals surface area contributed by atoms with Crippen molar-refractivity contribution in [2.45, 2.75) is 27.0 Å². The maximum absolute atomic E-state index is 12.7. The van der Waals surface area contributed by atoms with Crippen molar-refractivity contribution in [3.05, 3.63) is 50.9 Å². The maximum atomic E-state index is 12.7. The number of fused-ring (bicyclic) bond motifs is 1. The molecular formula is C14H15N3O4S. The van der Waals surface area contributed by atoms with E-state index in [4.69, 9.17) is 0 Å². The molecule has 116 valence electrons. The van der Waals surface area contributed by atoms with E-state index in [-0.39, 0.29) is 16.1 Å². The lowest BCUT2D eigenvalue weighted by Crippen LogP contribution is -2.50. The van der Waals surface area contributed by atoms with Crippen LogP contribution >= 0.6 is 0 Å². The van der Waals surface area contributed by atoms with Gasteiger partial charge in [0.2, 0.25) is 0 Å². The third-order valence-electron chi connectivity index (χ3n) is 3.90. The molecule has 0 radical (unpaired) electrons. The SMILES string of the molecule is CC1=C(C)S(=O)(=O)N(n2c(C)nc3ccccc3c2=O)C1O. The van der Waals surface area contributed by atoms with Crippen LogP contribution in [0.2, 0.25) is 0 Å². The predicted octanol–water partition coefficient (Wildman–Crippen LogP) is 0.599. The van der Waals surface area contributed by atoms with Crippen molar-refractivity contribution < 1.29 is 13.5 Å². The van der Waals surface area contributed by atoms with Crippen LogP contribution in [0.25, 0.3) is 10.9 Å². The monoisotopic (exact) mass is 321 g/mol. The molecule has 0 amide bonds. The minimum absolute atomic E-state index is 0.0412. The van der Waals surface area contributed by atoms with Gasteiger partial charge >= 0.3 is 0 Å². The van der Waals surface area contributed by atoms with Gasteiger partial charge in [0.1, 0.15) is 5.82 Å². The Morgan fingerprint density at radius 3 is 2.41 bits per heavy atom. The van der Waals surface area contributed by atoms with E-state index in [0.717, 1.165) is 4.68 Å². The van der Waals surface area contributed by atoms with E-state index in [2.05, 4.69) is 4.98 Å². The number of hydrogen-bond acceptors (Lipinski definition) is 5. The van der Waals surface area contributed by atoms with Gasteiger partial charge in [0, 0.05) is 0 Å². The molecule has 1 aliphatic heterocycles. The number of aliphatic hydroxyl groups is 1. The Morgan fingerprint density at radius 1 is 1.18 bits per heavy atom. The molecule has 0 saturated heterocycles. The minimum atomic E-state index is -3.94. The topological polar surface area (TPSA) is 92.5 Å². The highest BCUT2D eigenvalue weighted by atomic mass is 32.2. The standard InChI is InChI=1S/C14H15N3O4S/c1-8-9(2)22(20,21)17(13(8)18)16-10(3)15-12-7-5-4-6-11(12)14(16)19/h4-7,13,18H,1-3H3. The Morgan fingerprint density at radius 2 is 1.82 bits per heavy atom. The third-order valence-corrected chi connectivity index (χ3v) is 5.85. The molecule has 1 N–H and O–H groups in total. The smallest absolute Gasteiger partial charge is 0.281 e. The van der Waals surface area contributed by atoms with Gasteiger partial charge in [0.05, 0.1) is 15.8 Å². The molecule has 22 heavy (non-hydrogen) atoms. The summed E-state index contributed by atoms with van der Waals surface area (Å²) in [6.07, 6.45) is -1.41. The van der Waals surface area contributed by atoms with Crippen LogP contribution in [0.5, 0.6) is 0 Å². The van der Waals surface area contributed by atoms with Gasteiger partial charge in [-0.05, 0) is 38.5 Å². The molecule has 0 saturated carbocycles. The second kappa shape index (κ2) is 4.65.